The standard InChI is InChI=1S/C32H41ClN2O7/c1-19-13-21(33)3-4-26(19)41-17-27(37)35-34-18-30-10-5-22(36)15-31(30,39)11-7-25-24(30)6-9-29(2)23(8-12-32(25,29)40)20-14-28(38)42-16-20/h3-4,13-14,18,22-25,36,39-40H,5-12,15-17H2,1-2H3,(H,35,37). The van der Waals surface area contributed by atoms with Crippen molar-refractivity contribution >= 4 is 29.7 Å². The first-order valence-corrected chi connectivity index (χ1v) is 15.5. The summed E-state index contributed by atoms with van der Waals surface area (Å²) >= 11 is 6.01. The fourth-order valence-electron chi connectivity index (χ4n) is 9.53. The van der Waals surface area contributed by atoms with Gasteiger partial charge in [-0.25, -0.2) is 10.2 Å². The molecule has 1 aromatic rings. The number of fused-ring (bicyclic) bond motifs is 5. The molecule has 0 saturated heterocycles. The molecule has 0 aromatic heterocycles. The van der Waals surface area contributed by atoms with Crippen molar-refractivity contribution in [2.45, 2.75) is 88.9 Å². The minimum absolute atomic E-state index is 0.0667. The third-order valence-corrected chi connectivity index (χ3v) is 11.9. The number of esters is 1. The molecule has 4 aliphatic carbocycles. The molecule has 4 fully saturated rings. The number of benzene rings is 1. The van der Waals surface area contributed by atoms with E-state index in [4.69, 9.17) is 21.1 Å². The molecule has 4 saturated carbocycles. The Hall–Kier alpha value is -2.46. The molecule has 42 heavy (non-hydrogen) atoms. The first kappa shape index (κ1) is 29.6. The normalized spacial score (nSPS) is 41.0. The lowest BCUT2D eigenvalue weighted by atomic mass is 9.41. The molecule has 1 heterocycles. The number of hydrogen-bond acceptors (Lipinski definition) is 8. The summed E-state index contributed by atoms with van der Waals surface area (Å²) in [7, 11) is 0. The largest absolute Gasteiger partial charge is 0.483 e. The number of halogens is 1. The molecule has 0 bridgehead atoms. The number of carbonyl (C=O) groups is 2. The van der Waals surface area contributed by atoms with Gasteiger partial charge in [-0.3, -0.25) is 4.79 Å². The molecular formula is C32H41ClN2O7. The monoisotopic (exact) mass is 600 g/mol. The Morgan fingerprint density at radius 2 is 1.95 bits per heavy atom. The molecule has 4 N–H and O–H groups in total. The van der Waals surface area contributed by atoms with Crippen LogP contribution in [-0.2, 0) is 14.3 Å². The topological polar surface area (TPSA) is 138 Å². The van der Waals surface area contributed by atoms with Crippen molar-refractivity contribution in [1.82, 2.24) is 5.43 Å². The maximum atomic E-state index is 12.7. The Bertz CT molecular complexity index is 1330. The Balaban J connectivity index is 1.23. The highest BCUT2D eigenvalue weighted by Crippen LogP contribution is 2.70. The quantitative estimate of drug-likeness (QED) is 0.221. The van der Waals surface area contributed by atoms with Gasteiger partial charge in [0, 0.05) is 34.6 Å². The molecule has 0 spiro atoms. The van der Waals surface area contributed by atoms with E-state index in [2.05, 4.69) is 17.5 Å². The van der Waals surface area contributed by atoms with E-state index in [1.807, 2.05) is 6.92 Å². The molecule has 1 aromatic carbocycles. The van der Waals surface area contributed by atoms with Gasteiger partial charge in [0.1, 0.15) is 12.4 Å². The van der Waals surface area contributed by atoms with Crippen LogP contribution in [0.5, 0.6) is 5.75 Å². The zero-order valence-electron chi connectivity index (χ0n) is 24.3. The van der Waals surface area contributed by atoms with Gasteiger partial charge in [0.15, 0.2) is 6.61 Å². The van der Waals surface area contributed by atoms with Gasteiger partial charge in [-0.2, -0.15) is 5.10 Å². The van der Waals surface area contributed by atoms with Gasteiger partial charge < -0.3 is 24.8 Å². The van der Waals surface area contributed by atoms with Crippen LogP contribution in [0.3, 0.4) is 0 Å². The van der Waals surface area contributed by atoms with Crippen LogP contribution in [0.2, 0.25) is 5.02 Å². The number of aryl methyl sites for hydroxylation is 1. The zero-order chi connectivity index (χ0) is 29.9. The van der Waals surface area contributed by atoms with Crippen molar-refractivity contribution < 1.29 is 34.4 Å². The minimum atomic E-state index is -1.20. The van der Waals surface area contributed by atoms with Crippen LogP contribution in [0.4, 0.5) is 0 Å². The minimum Gasteiger partial charge on any atom is -0.483 e. The number of amides is 1. The summed E-state index contributed by atoms with van der Waals surface area (Å²) in [5.41, 5.74) is 0.974. The van der Waals surface area contributed by atoms with E-state index in [0.717, 1.165) is 30.4 Å². The lowest BCUT2D eigenvalue weighted by Crippen LogP contribution is -2.68. The molecular weight excluding hydrogens is 560 g/mol. The van der Waals surface area contributed by atoms with Gasteiger partial charge in [0.25, 0.3) is 5.91 Å². The summed E-state index contributed by atoms with van der Waals surface area (Å²) < 4.78 is 10.9. The first-order valence-electron chi connectivity index (χ1n) is 15.1. The van der Waals surface area contributed by atoms with Crippen LogP contribution >= 0.6 is 11.6 Å². The van der Waals surface area contributed by atoms with Gasteiger partial charge in [-0.1, -0.05) is 18.5 Å². The van der Waals surface area contributed by atoms with E-state index in [1.165, 1.54) is 0 Å². The van der Waals surface area contributed by atoms with E-state index >= 15 is 0 Å². The zero-order valence-corrected chi connectivity index (χ0v) is 25.0. The fraction of sp³-hybridized carbons (Fsp3) is 0.656. The number of ether oxygens (including phenoxy) is 2. The Morgan fingerprint density at radius 1 is 1.17 bits per heavy atom. The third-order valence-electron chi connectivity index (χ3n) is 11.6. The number of cyclic esters (lactones) is 1. The predicted molar refractivity (Wildman–Crippen MR) is 156 cm³/mol. The number of aliphatic hydroxyl groups excluding tert-OH is 1. The lowest BCUT2D eigenvalue weighted by Gasteiger charge is -2.65. The van der Waals surface area contributed by atoms with Crippen molar-refractivity contribution in [2.24, 2.45) is 33.7 Å². The maximum Gasteiger partial charge on any atom is 0.331 e. The van der Waals surface area contributed by atoms with Gasteiger partial charge in [-0.05, 0) is 105 Å². The van der Waals surface area contributed by atoms with Gasteiger partial charge in [0.05, 0.1) is 17.3 Å². The summed E-state index contributed by atoms with van der Waals surface area (Å²) in [6.45, 7) is 4.06. The van der Waals surface area contributed by atoms with Crippen molar-refractivity contribution in [3.63, 3.8) is 0 Å². The van der Waals surface area contributed by atoms with Gasteiger partial charge in [-0.15, -0.1) is 0 Å². The number of hydrogen-bond donors (Lipinski definition) is 4. The van der Waals surface area contributed by atoms with Gasteiger partial charge >= 0.3 is 5.97 Å². The number of rotatable bonds is 6. The second kappa shape index (κ2) is 10.6. The molecule has 228 valence electrons. The van der Waals surface area contributed by atoms with Crippen LogP contribution < -0.4 is 10.2 Å². The number of carbonyl (C=O) groups excluding carboxylic acids is 2. The molecule has 5 aliphatic rings. The number of nitrogens with one attached hydrogen (secondary N) is 1. The molecule has 9 nitrogen and oxygen atoms in total. The highest BCUT2D eigenvalue weighted by molar-refractivity contribution is 6.30. The van der Waals surface area contributed by atoms with E-state index in [9.17, 15) is 24.9 Å². The lowest BCUT2D eigenvalue weighted by molar-refractivity contribution is -0.237. The smallest absolute Gasteiger partial charge is 0.331 e. The summed E-state index contributed by atoms with van der Waals surface area (Å²) in [6, 6.07) is 5.17. The van der Waals surface area contributed by atoms with Crippen LogP contribution in [0.25, 0.3) is 0 Å². The Morgan fingerprint density at radius 3 is 2.69 bits per heavy atom. The van der Waals surface area contributed by atoms with Gasteiger partial charge in [0.2, 0.25) is 0 Å². The maximum absolute atomic E-state index is 12.7. The molecule has 6 rings (SSSR count). The van der Waals surface area contributed by atoms with Crippen LogP contribution in [0.1, 0.15) is 70.3 Å². The van der Waals surface area contributed by atoms with E-state index in [1.54, 1.807) is 30.5 Å². The SMILES string of the molecule is Cc1cc(Cl)ccc1OCC(=O)NN=CC12CCC(O)CC1(O)CCC1C2CCC2(C)C(C3=CC(=O)OC3)CCC12O. The number of hydrazone groups is 1. The summed E-state index contributed by atoms with van der Waals surface area (Å²) in [5.74, 6) is -0.290. The average Bonchev–Trinajstić information content (AvgIpc) is 3.48. The first-order chi connectivity index (χ1) is 19.9. The Kier molecular flexibility index (Phi) is 7.48. The number of aliphatic hydroxyl groups is 3. The molecule has 10 heteroatoms. The molecule has 0 radical (unpaired) electrons. The molecule has 8 atom stereocenters. The second-order valence-electron chi connectivity index (χ2n) is 13.5. The van der Waals surface area contributed by atoms with Crippen LogP contribution in [0.15, 0.2) is 34.9 Å². The average molecular weight is 601 g/mol. The molecule has 1 aliphatic heterocycles. The highest BCUT2D eigenvalue weighted by Gasteiger charge is 2.71. The van der Waals surface area contributed by atoms with Crippen LogP contribution in [-0.4, -0.2) is 63.9 Å². The summed E-state index contributed by atoms with van der Waals surface area (Å²) in [5, 5.41) is 40.2. The van der Waals surface area contributed by atoms with Crippen LogP contribution in [0, 0.1) is 35.5 Å². The van der Waals surface area contributed by atoms with Crippen molar-refractivity contribution in [2.75, 3.05) is 13.2 Å². The highest BCUT2D eigenvalue weighted by atomic mass is 35.5. The molecule has 1 amide bonds. The van der Waals surface area contributed by atoms with Crippen molar-refractivity contribution in [3.8, 4) is 5.75 Å². The summed E-state index contributed by atoms with van der Waals surface area (Å²) in [6.07, 6.45) is 7.91. The third kappa shape index (κ3) is 4.59. The molecule has 8 unspecified atom stereocenters. The predicted octanol–water partition coefficient (Wildman–Crippen LogP) is 3.84. The summed E-state index contributed by atoms with van der Waals surface area (Å²) in [4.78, 5) is 24.5. The van der Waals surface area contributed by atoms with E-state index < -0.39 is 34.0 Å². The Labute approximate surface area is 251 Å². The fourth-order valence-corrected chi connectivity index (χ4v) is 9.76. The van der Waals surface area contributed by atoms with Crippen molar-refractivity contribution in [3.05, 3.63) is 40.4 Å². The van der Waals surface area contributed by atoms with E-state index in [0.29, 0.717) is 49.5 Å². The van der Waals surface area contributed by atoms with E-state index in [-0.39, 0.29) is 36.8 Å². The van der Waals surface area contributed by atoms with Crippen molar-refractivity contribution in [1.29, 1.82) is 0 Å². The second-order valence-corrected chi connectivity index (χ2v) is 13.9. The number of nitrogens with zero attached hydrogens (tertiary/aromatic N) is 1.